The molecule has 0 spiro atoms. The Kier molecular flexibility index (Phi) is 5.03. The van der Waals surface area contributed by atoms with E-state index in [2.05, 4.69) is 53.9 Å². The van der Waals surface area contributed by atoms with Gasteiger partial charge >= 0.3 is 0 Å². The van der Waals surface area contributed by atoms with Gasteiger partial charge in [-0.25, -0.2) is 4.68 Å². The summed E-state index contributed by atoms with van der Waals surface area (Å²) in [6.45, 7) is 11.3. The summed E-state index contributed by atoms with van der Waals surface area (Å²) in [5.74, 6) is 1.86. The van der Waals surface area contributed by atoms with Crippen LogP contribution in [0.5, 0.6) is 0 Å². The molecule has 0 unspecified atom stereocenters. The quantitative estimate of drug-likeness (QED) is 0.887. The van der Waals surface area contributed by atoms with Gasteiger partial charge in [-0.05, 0) is 82.8 Å². The molecular formula is C22H32N4. The zero-order valence-electron chi connectivity index (χ0n) is 16.5. The van der Waals surface area contributed by atoms with Crippen molar-refractivity contribution < 1.29 is 0 Å². The van der Waals surface area contributed by atoms with E-state index in [9.17, 15) is 0 Å². The van der Waals surface area contributed by atoms with Crippen molar-refractivity contribution in [3.05, 3.63) is 40.6 Å². The fourth-order valence-electron chi connectivity index (χ4n) is 4.50. The van der Waals surface area contributed by atoms with Gasteiger partial charge in [0.2, 0.25) is 0 Å². The number of piperidine rings is 1. The molecule has 4 rings (SSSR count). The molecule has 26 heavy (non-hydrogen) atoms. The Bertz CT molecular complexity index is 769. The second-order valence-corrected chi connectivity index (χ2v) is 8.01. The molecule has 1 aromatic heterocycles. The molecule has 2 aliphatic rings. The zero-order valence-corrected chi connectivity index (χ0v) is 16.5. The predicted molar refractivity (Wildman–Crippen MR) is 109 cm³/mol. The Hall–Kier alpha value is -1.81. The Morgan fingerprint density at radius 1 is 1.15 bits per heavy atom. The smallest absolute Gasteiger partial charge is 0.133 e. The van der Waals surface area contributed by atoms with Gasteiger partial charge in [0, 0.05) is 18.0 Å². The summed E-state index contributed by atoms with van der Waals surface area (Å²) in [5.41, 5.74) is 6.66. The summed E-state index contributed by atoms with van der Waals surface area (Å²) >= 11 is 0. The maximum Gasteiger partial charge on any atom is 0.133 e. The van der Waals surface area contributed by atoms with Crippen molar-refractivity contribution >= 4 is 5.82 Å². The minimum Gasteiger partial charge on any atom is -0.370 e. The maximum atomic E-state index is 5.22. The number of nitrogens with zero attached hydrogens (tertiary/aromatic N) is 3. The molecule has 0 radical (unpaired) electrons. The van der Waals surface area contributed by atoms with Crippen LogP contribution < -0.4 is 5.32 Å². The minimum atomic E-state index is 0.609. The van der Waals surface area contributed by atoms with E-state index in [1.807, 2.05) is 0 Å². The Balaban J connectivity index is 1.76. The first-order chi connectivity index (χ1) is 12.7. The topological polar surface area (TPSA) is 33.1 Å². The maximum absolute atomic E-state index is 5.22. The normalized spacial score (nSPS) is 19.0. The van der Waals surface area contributed by atoms with Crippen molar-refractivity contribution in [1.29, 1.82) is 0 Å². The van der Waals surface area contributed by atoms with Crippen LogP contribution in [0.3, 0.4) is 0 Å². The summed E-state index contributed by atoms with van der Waals surface area (Å²) < 4.78 is 2.21. The van der Waals surface area contributed by atoms with Crippen LogP contribution >= 0.6 is 0 Å². The van der Waals surface area contributed by atoms with Gasteiger partial charge in [0.25, 0.3) is 0 Å². The molecule has 1 fully saturated rings. The van der Waals surface area contributed by atoms with E-state index >= 15 is 0 Å². The summed E-state index contributed by atoms with van der Waals surface area (Å²) in [7, 11) is 0. The number of hydrogen-bond acceptors (Lipinski definition) is 3. The first-order valence-electron chi connectivity index (χ1n) is 10.3. The number of anilines is 1. The van der Waals surface area contributed by atoms with Crippen molar-refractivity contribution in [2.24, 2.45) is 0 Å². The van der Waals surface area contributed by atoms with E-state index in [0.29, 0.717) is 5.92 Å². The van der Waals surface area contributed by atoms with Crippen molar-refractivity contribution in [1.82, 2.24) is 14.7 Å². The Morgan fingerprint density at radius 2 is 1.96 bits per heavy atom. The lowest BCUT2D eigenvalue weighted by molar-refractivity contribution is 0.220. The number of aryl methyl sites for hydroxylation is 2. The summed E-state index contributed by atoms with van der Waals surface area (Å²) in [5, 5.41) is 8.92. The number of benzene rings is 1. The standard InChI is InChI=1S/C22H32N4/c1-4-25-13-10-18(11-14-25)21-19-7-5-6-12-23-22(19)26(24-21)20-15-16(2)8-9-17(20)3/h8-9,15,18,23H,4-7,10-14H2,1-3H3. The highest BCUT2D eigenvalue weighted by Gasteiger charge is 2.28. The highest BCUT2D eigenvalue weighted by atomic mass is 15.3. The van der Waals surface area contributed by atoms with Crippen molar-refractivity contribution in [3.63, 3.8) is 0 Å². The lowest BCUT2D eigenvalue weighted by Crippen LogP contribution is -2.33. The number of rotatable bonds is 3. The minimum absolute atomic E-state index is 0.609. The van der Waals surface area contributed by atoms with Gasteiger partial charge in [0.05, 0.1) is 11.4 Å². The molecule has 0 amide bonds. The van der Waals surface area contributed by atoms with Crippen LogP contribution in [0, 0.1) is 13.8 Å². The van der Waals surface area contributed by atoms with Crippen LogP contribution in [0.25, 0.3) is 5.69 Å². The number of hydrogen-bond donors (Lipinski definition) is 1. The van der Waals surface area contributed by atoms with Gasteiger partial charge in [0.1, 0.15) is 5.82 Å². The predicted octanol–water partition coefficient (Wildman–Crippen LogP) is 4.44. The summed E-state index contributed by atoms with van der Waals surface area (Å²) in [6.07, 6.45) is 6.15. The lowest BCUT2D eigenvalue weighted by atomic mass is 9.90. The molecule has 4 nitrogen and oxygen atoms in total. The van der Waals surface area contributed by atoms with Gasteiger partial charge < -0.3 is 10.2 Å². The molecule has 2 aromatic rings. The highest BCUT2D eigenvalue weighted by Crippen LogP contribution is 2.36. The van der Waals surface area contributed by atoms with Gasteiger partial charge in [-0.1, -0.05) is 19.1 Å². The summed E-state index contributed by atoms with van der Waals surface area (Å²) in [6, 6.07) is 6.68. The third kappa shape index (κ3) is 3.27. The SMILES string of the molecule is CCN1CCC(c2nn(-c3cc(C)ccc3C)c3c2CCCCN3)CC1. The third-order valence-corrected chi connectivity index (χ3v) is 6.17. The van der Waals surface area contributed by atoms with Gasteiger partial charge in [-0.2, -0.15) is 5.10 Å². The first-order valence-corrected chi connectivity index (χ1v) is 10.3. The number of nitrogens with one attached hydrogen (secondary N) is 1. The van der Waals surface area contributed by atoms with E-state index in [4.69, 9.17) is 5.10 Å². The van der Waals surface area contributed by atoms with E-state index < -0.39 is 0 Å². The van der Waals surface area contributed by atoms with Crippen molar-refractivity contribution in [2.45, 2.75) is 58.8 Å². The molecule has 1 N–H and O–H groups in total. The Labute approximate surface area is 157 Å². The van der Waals surface area contributed by atoms with Crippen LogP contribution in [0.4, 0.5) is 5.82 Å². The molecular weight excluding hydrogens is 320 g/mol. The fraction of sp³-hybridized carbons (Fsp3) is 0.591. The van der Waals surface area contributed by atoms with Crippen molar-refractivity contribution in [2.75, 3.05) is 31.5 Å². The molecule has 140 valence electrons. The van der Waals surface area contributed by atoms with Gasteiger partial charge in [-0.3, -0.25) is 0 Å². The van der Waals surface area contributed by atoms with E-state index in [1.165, 1.54) is 79.2 Å². The lowest BCUT2D eigenvalue weighted by Gasteiger charge is -2.30. The molecule has 1 aromatic carbocycles. The van der Waals surface area contributed by atoms with Crippen molar-refractivity contribution in [3.8, 4) is 5.69 Å². The average Bonchev–Trinajstić information content (AvgIpc) is 2.85. The largest absolute Gasteiger partial charge is 0.370 e. The second kappa shape index (κ2) is 7.43. The van der Waals surface area contributed by atoms with E-state index in [0.717, 1.165) is 13.0 Å². The van der Waals surface area contributed by atoms with E-state index in [-0.39, 0.29) is 0 Å². The summed E-state index contributed by atoms with van der Waals surface area (Å²) in [4.78, 5) is 2.56. The zero-order chi connectivity index (χ0) is 18.1. The van der Waals surface area contributed by atoms with E-state index in [1.54, 1.807) is 0 Å². The number of likely N-dealkylation sites (tertiary alicyclic amines) is 1. The molecule has 4 heteroatoms. The number of aromatic nitrogens is 2. The van der Waals surface area contributed by atoms with Crippen LogP contribution in [0.15, 0.2) is 18.2 Å². The van der Waals surface area contributed by atoms with Gasteiger partial charge in [-0.15, -0.1) is 0 Å². The molecule has 3 heterocycles. The van der Waals surface area contributed by atoms with Crippen LogP contribution in [0.2, 0.25) is 0 Å². The fourth-order valence-corrected chi connectivity index (χ4v) is 4.50. The van der Waals surface area contributed by atoms with Gasteiger partial charge in [0.15, 0.2) is 0 Å². The third-order valence-electron chi connectivity index (χ3n) is 6.17. The highest BCUT2D eigenvalue weighted by molar-refractivity contribution is 5.57. The monoisotopic (exact) mass is 352 g/mol. The van der Waals surface area contributed by atoms with Crippen LogP contribution in [-0.4, -0.2) is 40.9 Å². The first kappa shape index (κ1) is 17.6. The number of fused-ring (bicyclic) bond motifs is 1. The average molecular weight is 353 g/mol. The molecule has 0 bridgehead atoms. The Morgan fingerprint density at radius 3 is 2.73 bits per heavy atom. The second-order valence-electron chi connectivity index (χ2n) is 8.01. The molecule has 0 saturated carbocycles. The molecule has 0 aliphatic carbocycles. The molecule has 1 saturated heterocycles. The molecule has 2 aliphatic heterocycles. The van der Waals surface area contributed by atoms with Crippen LogP contribution in [-0.2, 0) is 6.42 Å². The molecule has 0 atom stereocenters. The van der Waals surface area contributed by atoms with Crippen LogP contribution in [0.1, 0.15) is 60.9 Å².